The molecule has 146 valence electrons. The minimum Gasteiger partial charge on any atom is -0.334 e. The molecule has 1 aromatic carbocycles. The Labute approximate surface area is 167 Å². The summed E-state index contributed by atoms with van der Waals surface area (Å²) < 4.78 is 1.56. The van der Waals surface area contributed by atoms with Crippen LogP contribution in [0.25, 0.3) is 10.3 Å². The lowest BCUT2D eigenvalue weighted by Gasteiger charge is -2.23. The maximum atomic E-state index is 12.7. The quantitative estimate of drug-likeness (QED) is 0.734. The predicted molar refractivity (Wildman–Crippen MR) is 109 cm³/mol. The number of carbonyl (C=O) groups is 1. The molecular formula is C20H23N5O2S. The fourth-order valence-corrected chi connectivity index (χ4v) is 4.71. The number of nitrogens with one attached hydrogen (secondary N) is 1. The normalized spacial score (nSPS) is 16.6. The Morgan fingerprint density at radius 1 is 1.29 bits per heavy atom. The van der Waals surface area contributed by atoms with Gasteiger partial charge in [-0.05, 0) is 18.4 Å². The lowest BCUT2D eigenvalue weighted by Crippen LogP contribution is -2.39. The number of nitrogens with zero attached hydrogens (tertiary/aromatic N) is 4. The van der Waals surface area contributed by atoms with Gasteiger partial charge in [0.1, 0.15) is 10.8 Å². The number of carbonyl (C=O) groups excluding carboxylic acids is 1. The van der Waals surface area contributed by atoms with Crippen LogP contribution in [0, 0.1) is 0 Å². The van der Waals surface area contributed by atoms with Gasteiger partial charge in [-0.25, -0.2) is 14.8 Å². The third-order valence-corrected chi connectivity index (χ3v) is 6.20. The summed E-state index contributed by atoms with van der Waals surface area (Å²) in [5, 5.41) is 3.79. The van der Waals surface area contributed by atoms with Gasteiger partial charge in [0.05, 0.1) is 6.04 Å². The number of urea groups is 1. The van der Waals surface area contributed by atoms with Crippen LogP contribution in [0.15, 0.2) is 35.1 Å². The van der Waals surface area contributed by atoms with Crippen LogP contribution in [-0.4, -0.2) is 32.0 Å². The van der Waals surface area contributed by atoms with E-state index < -0.39 is 0 Å². The number of amides is 2. The van der Waals surface area contributed by atoms with Gasteiger partial charge in [-0.3, -0.25) is 9.36 Å². The number of hydrogen-bond donors (Lipinski definition) is 1. The first-order chi connectivity index (χ1) is 13.6. The van der Waals surface area contributed by atoms with Crippen LogP contribution in [0.4, 0.5) is 4.79 Å². The minimum absolute atomic E-state index is 0.0966. The monoisotopic (exact) mass is 397 g/mol. The third kappa shape index (κ3) is 3.40. The van der Waals surface area contributed by atoms with Crippen LogP contribution in [0.5, 0.6) is 0 Å². The molecule has 3 heterocycles. The average molecular weight is 398 g/mol. The Morgan fingerprint density at radius 3 is 2.82 bits per heavy atom. The molecule has 1 aliphatic heterocycles. The van der Waals surface area contributed by atoms with Crippen molar-refractivity contribution in [3.63, 3.8) is 0 Å². The second kappa shape index (κ2) is 7.71. The summed E-state index contributed by atoms with van der Waals surface area (Å²) in [4.78, 5) is 37.0. The van der Waals surface area contributed by atoms with Gasteiger partial charge in [0.25, 0.3) is 5.56 Å². The van der Waals surface area contributed by atoms with Crippen LogP contribution >= 0.6 is 11.3 Å². The highest BCUT2D eigenvalue weighted by molar-refractivity contribution is 7.18. The number of likely N-dealkylation sites (tertiary alicyclic amines) is 1. The van der Waals surface area contributed by atoms with E-state index in [0.717, 1.165) is 29.2 Å². The van der Waals surface area contributed by atoms with E-state index in [4.69, 9.17) is 0 Å². The number of benzene rings is 1. The highest BCUT2D eigenvalue weighted by atomic mass is 32.1. The van der Waals surface area contributed by atoms with Crippen molar-refractivity contribution in [2.24, 2.45) is 7.05 Å². The third-order valence-electron chi connectivity index (χ3n) is 5.15. The second-order valence-corrected chi connectivity index (χ2v) is 7.96. The van der Waals surface area contributed by atoms with E-state index in [1.165, 1.54) is 11.3 Å². The van der Waals surface area contributed by atoms with Crippen LogP contribution in [0.2, 0.25) is 0 Å². The van der Waals surface area contributed by atoms with Crippen molar-refractivity contribution in [1.29, 1.82) is 0 Å². The molecule has 2 aromatic heterocycles. The Balaban J connectivity index is 1.57. The molecule has 1 N–H and O–H groups in total. The molecule has 1 saturated heterocycles. The number of aromatic nitrogens is 3. The molecule has 0 spiro atoms. The van der Waals surface area contributed by atoms with Crippen LogP contribution in [-0.2, 0) is 20.0 Å². The standard InChI is InChI=1S/C20H23N5O2S/c1-3-15-22-18-16(19(26)24(15)2)23-17(28-18)14-10-7-11-25(14)20(27)21-12-13-8-5-4-6-9-13/h4-6,8-9,14H,3,7,10-12H2,1-2H3,(H,21,27)/t14-/m1/s1. The second-order valence-electron chi connectivity index (χ2n) is 6.95. The van der Waals surface area contributed by atoms with Crippen molar-refractivity contribution in [2.45, 2.75) is 38.8 Å². The maximum Gasteiger partial charge on any atom is 0.318 e. The van der Waals surface area contributed by atoms with Crippen LogP contribution < -0.4 is 10.9 Å². The van der Waals surface area contributed by atoms with E-state index in [0.29, 0.717) is 29.9 Å². The summed E-state index contributed by atoms with van der Waals surface area (Å²) in [5.41, 5.74) is 1.34. The number of rotatable bonds is 4. The summed E-state index contributed by atoms with van der Waals surface area (Å²) in [5.74, 6) is 0.747. The summed E-state index contributed by atoms with van der Waals surface area (Å²) in [7, 11) is 1.73. The van der Waals surface area contributed by atoms with Gasteiger partial charge in [0.15, 0.2) is 10.3 Å². The fraction of sp³-hybridized carbons (Fsp3) is 0.400. The molecule has 0 saturated carbocycles. The summed E-state index contributed by atoms with van der Waals surface area (Å²) >= 11 is 1.43. The SMILES string of the molecule is CCc1nc2sc([C@H]3CCCN3C(=O)NCc3ccccc3)nc2c(=O)n1C. The van der Waals surface area contributed by atoms with Crippen molar-refractivity contribution in [2.75, 3.05) is 6.54 Å². The fourth-order valence-electron chi connectivity index (χ4n) is 3.61. The Hall–Kier alpha value is -2.74. The van der Waals surface area contributed by atoms with E-state index in [9.17, 15) is 9.59 Å². The predicted octanol–water partition coefficient (Wildman–Crippen LogP) is 3.00. The summed E-state index contributed by atoms with van der Waals surface area (Å²) in [6, 6.07) is 9.64. The molecule has 0 bridgehead atoms. The number of thiazole rings is 1. The average Bonchev–Trinajstić information content (AvgIpc) is 3.36. The van der Waals surface area contributed by atoms with E-state index in [2.05, 4.69) is 15.3 Å². The van der Waals surface area contributed by atoms with E-state index in [1.807, 2.05) is 42.2 Å². The van der Waals surface area contributed by atoms with Crippen molar-refractivity contribution >= 4 is 27.7 Å². The highest BCUT2D eigenvalue weighted by Gasteiger charge is 2.32. The van der Waals surface area contributed by atoms with E-state index in [1.54, 1.807) is 11.6 Å². The van der Waals surface area contributed by atoms with Crippen molar-refractivity contribution in [1.82, 2.24) is 24.8 Å². The molecule has 7 nitrogen and oxygen atoms in total. The van der Waals surface area contributed by atoms with E-state index in [-0.39, 0.29) is 17.6 Å². The molecule has 4 rings (SSSR count). The van der Waals surface area contributed by atoms with Crippen LogP contribution in [0.3, 0.4) is 0 Å². The van der Waals surface area contributed by atoms with Gasteiger partial charge in [-0.1, -0.05) is 48.6 Å². The summed E-state index contributed by atoms with van der Waals surface area (Å²) in [6.07, 6.45) is 2.46. The minimum atomic E-state index is -0.123. The van der Waals surface area contributed by atoms with Gasteiger partial charge < -0.3 is 10.2 Å². The molecule has 0 aliphatic carbocycles. The van der Waals surface area contributed by atoms with Gasteiger partial charge in [0.2, 0.25) is 0 Å². The Bertz CT molecular complexity index is 1060. The zero-order chi connectivity index (χ0) is 19.7. The van der Waals surface area contributed by atoms with Crippen molar-refractivity contribution in [3.8, 4) is 0 Å². The molecule has 0 unspecified atom stereocenters. The molecular weight excluding hydrogens is 374 g/mol. The molecule has 1 fully saturated rings. The smallest absolute Gasteiger partial charge is 0.318 e. The summed E-state index contributed by atoms with van der Waals surface area (Å²) in [6.45, 7) is 3.16. The topological polar surface area (TPSA) is 80.1 Å². The van der Waals surface area contributed by atoms with Gasteiger partial charge in [-0.15, -0.1) is 0 Å². The molecule has 1 atom stereocenters. The number of hydrogen-bond acceptors (Lipinski definition) is 5. The highest BCUT2D eigenvalue weighted by Crippen LogP contribution is 2.35. The van der Waals surface area contributed by atoms with Crippen molar-refractivity contribution < 1.29 is 4.79 Å². The van der Waals surface area contributed by atoms with Gasteiger partial charge >= 0.3 is 6.03 Å². The number of aryl methyl sites for hydroxylation is 1. The Morgan fingerprint density at radius 2 is 2.07 bits per heavy atom. The molecule has 0 radical (unpaired) electrons. The zero-order valence-corrected chi connectivity index (χ0v) is 16.8. The molecule has 8 heteroatoms. The first kappa shape index (κ1) is 18.6. The number of fused-ring (bicyclic) bond motifs is 1. The Kier molecular flexibility index (Phi) is 5.13. The zero-order valence-electron chi connectivity index (χ0n) is 16.0. The first-order valence-electron chi connectivity index (χ1n) is 9.53. The van der Waals surface area contributed by atoms with Gasteiger partial charge in [0, 0.05) is 26.6 Å². The molecule has 2 amide bonds. The van der Waals surface area contributed by atoms with Crippen LogP contribution in [0.1, 0.15) is 42.2 Å². The maximum absolute atomic E-state index is 12.7. The van der Waals surface area contributed by atoms with Gasteiger partial charge in [-0.2, -0.15) is 0 Å². The lowest BCUT2D eigenvalue weighted by atomic mass is 10.2. The molecule has 3 aromatic rings. The first-order valence-corrected chi connectivity index (χ1v) is 10.3. The lowest BCUT2D eigenvalue weighted by molar-refractivity contribution is 0.192. The molecule has 28 heavy (non-hydrogen) atoms. The van der Waals surface area contributed by atoms with E-state index >= 15 is 0 Å². The molecule has 1 aliphatic rings. The van der Waals surface area contributed by atoms with Crippen molar-refractivity contribution in [3.05, 3.63) is 57.1 Å². The largest absolute Gasteiger partial charge is 0.334 e.